The van der Waals surface area contributed by atoms with E-state index in [0.29, 0.717) is 5.75 Å². The number of nitro groups is 1. The molecule has 7 heteroatoms. The minimum absolute atomic E-state index is 0.0901. The van der Waals surface area contributed by atoms with Crippen molar-refractivity contribution < 1.29 is 14.5 Å². The number of hydrogen-bond donors (Lipinski definition) is 1. The average Bonchev–Trinajstić information content (AvgIpc) is 2.19. The Morgan fingerprint density at radius 3 is 3.00 bits per heavy atom. The first kappa shape index (κ1) is 9.38. The van der Waals surface area contributed by atoms with E-state index in [2.05, 4.69) is 10.3 Å². The van der Waals surface area contributed by atoms with Crippen LogP contribution in [0, 0.1) is 10.1 Å². The Balaban J connectivity index is 2.41. The lowest BCUT2D eigenvalue weighted by atomic mass is 10.3. The number of carbonyl (C=O) groups excluding carboxylic acids is 1. The highest BCUT2D eigenvalue weighted by atomic mass is 16.6. The molecule has 2 rings (SSSR count). The van der Waals surface area contributed by atoms with E-state index >= 15 is 0 Å². The number of carbonyl (C=O) groups is 1. The van der Waals surface area contributed by atoms with Gasteiger partial charge in [-0.1, -0.05) is 0 Å². The zero-order valence-corrected chi connectivity index (χ0v) is 7.76. The molecule has 1 amide bonds. The van der Waals surface area contributed by atoms with E-state index in [9.17, 15) is 14.9 Å². The zero-order valence-electron chi connectivity index (χ0n) is 7.76. The van der Waals surface area contributed by atoms with E-state index < -0.39 is 11.0 Å². The van der Waals surface area contributed by atoms with Gasteiger partial charge >= 0.3 is 5.82 Å². The van der Waals surface area contributed by atoms with Crippen LogP contribution < -0.4 is 10.1 Å². The van der Waals surface area contributed by atoms with Crippen molar-refractivity contribution in [1.29, 1.82) is 0 Å². The van der Waals surface area contributed by atoms with Crippen molar-refractivity contribution in [3.8, 4) is 5.75 Å². The van der Waals surface area contributed by atoms with Crippen molar-refractivity contribution in [3.63, 3.8) is 0 Å². The topological polar surface area (TPSA) is 94.4 Å². The van der Waals surface area contributed by atoms with Gasteiger partial charge in [-0.05, 0) is 22.9 Å². The molecular formula is C8H7N3O4. The second-order valence-corrected chi connectivity index (χ2v) is 3.02. The number of fused-ring (bicyclic) bond motifs is 1. The summed E-state index contributed by atoms with van der Waals surface area (Å²) in [5.74, 6) is -0.261. The van der Waals surface area contributed by atoms with Crippen molar-refractivity contribution in [3.05, 3.63) is 22.2 Å². The average molecular weight is 209 g/mol. The summed E-state index contributed by atoms with van der Waals surface area (Å²) in [6, 6.07) is 2.64. The van der Waals surface area contributed by atoms with Crippen molar-refractivity contribution in [2.45, 2.75) is 13.0 Å². The monoisotopic (exact) mass is 209 g/mol. The van der Waals surface area contributed by atoms with E-state index in [0.717, 1.165) is 0 Å². The minimum Gasteiger partial charge on any atom is -0.475 e. The molecule has 1 N–H and O–H groups in total. The van der Waals surface area contributed by atoms with Gasteiger partial charge in [-0.2, -0.15) is 0 Å². The first-order chi connectivity index (χ1) is 7.08. The number of nitrogens with zero attached hydrogens (tertiary/aromatic N) is 2. The normalized spacial score (nSPS) is 18.7. The first-order valence-electron chi connectivity index (χ1n) is 4.21. The minimum atomic E-state index is -0.634. The van der Waals surface area contributed by atoms with Crippen LogP contribution in [0.4, 0.5) is 11.6 Å². The van der Waals surface area contributed by atoms with Gasteiger partial charge in [0.2, 0.25) is 0 Å². The highest BCUT2D eigenvalue weighted by Gasteiger charge is 2.28. The molecule has 0 saturated carbocycles. The third-order valence-electron chi connectivity index (χ3n) is 1.95. The predicted molar refractivity (Wildman–Crippen MR) is 49.6 cm³/mol. The molecule has 1 unspecified atom stereocenters. The largest absolute Gasteiger partial charge is 0.475 e. The van der Waals surface area contributed by atoms with Gasteiger partial charge in [0.15, 0.2) is 11.9 Å². The van der Waals surface area contributed by atoms with E-state index in [4.69, 9.17) is 4.74 Å². The van der Waals surface area contributed by atoms with Crippen LogP contribution >= 0.6 is 0 Å². The second kappa shape index (κ2) is 3.19. The van der Waals surface area contributed by atoms with Crippen LogP contribution in [-0.2, 0) is 4.79 Å². The van der Waals surface area contributed by atoms with Gasteiger partial charge in [0.05, 0.1) is 0 Å². The van der Waals surface area contributed by atoms with Gasteiger partial charge in [0.25, 0.3) is 11.7 Å². The molecule has 1 atom stereocenters. The smallest absolute Gasteiger partial charge is 0.366 e. The van der Waals surface area contributed by atoms with E-state index in [1.165, 1.54) is 12.1 Å². The molecule has 0 fully saturated rings. The van der Waals surface area contributed by atoms with Crippen LogP contribution in [0.2, 0.25) is 0 Å². The van der Waals surface area contributed by atoms with Crippen molar-refractivity contribution in [2.24, 2.45) is 0 Å². The molecule has 0 spiro atoms. The molecular weight excluding hydrogens is 202 g/mol. The lowest BCUT2D eigenvalue weighted by Gasteiger charge is -2.19. The summed E-state index contributed by atoms with van der Waals surface area (Å²) in [4.78, 5) is 24.6. The number of ether oxygens (including phenoxy) is 1. The summed E-state index contributed by atoms with van der Waals surface area (Å²) in [7, 11) is 0. The summed E-state index contributed by atoms with van der Waals surface area (Å²) < 4.78 is 5.18. The molecule has 0 aliphatic carbocycles. The van der Waals surface area contributed by atoms with Gasteiger partial charge in [-0.15, -0.1) is 0 Å². The quantitative estimate of drug-likeness (QED) is 0.542. The third-order valence-corrected chi connectivity index (χ3v) is 1.95. The molecule has 0 bridgehead atoms. The first-order valence-corrected chi connectivity index (χ1v) is 4.21. The van der Waals surface area contributed by atoms with Crippen LogP contribution in [0.5, 0.6) is 5.75 Å². The maximum absolute atomic E-state index is 11.2. The number of amides is 1. The standard InChI is InChI=1S/C8H7N3O4/c1-4-8(12)10-7-5(15-4)2-3-6(9-7)11(13)14/h2-4H,1H3,(H,9,10,12). The summed E-state index contributed by atoms with van der Waals surface area (Å²) in [6.07, 6.45) is -0.610. The van der Waals surface area contributed by atoms with Gasteiger partial charge in [-0.3, -0.25) is 10.1 Å². The van der Waals surface area contributed by atoms with Crippen LogP contribution in [-0.4, -0.2) is 21.9 Å². The number of anilines is 1. The number of pyridine rings is 1. The van der Waals surface area contributed by atoms with Crippen LogP contribution in [0.1, 0.15) is 6.92 Å². The molecule has 1 aromatic heterocycles. The van der Waals surface area contributed by atoms with Crippen molar-refractivity contribution in [1.82, 2.24) is 4.98 Å². The Kier molecular flexibility index (Phi) is 2.00. The maximum atomic E-state index is 11.2. The van der Waals surface area contributed by atoms with Gasteiger partial charge in [0, 0.05) is 6.07 Å². The lowest BCUT2D eigenvalue weighted by molar-refractivity contribution is -0.389. The van der Waals surface area contributed by atoms with E-state index in [1.54, 1.807) is 6.92 Å². The Labute approximate surface area is 84.2 Å². The second-order valence-electron chi connectivity index (χ2n) is 3.02. The molecule has 1 aliphatic heterocycles. The fourth-order valence-corrected chi connectivity index (χ4v) is 1.18. The molecule has 2 heterocycles. The lowest BCUT2D eigenvalue weighted by Crippen LogP contribution is -2.34. The van der Waals surface area contributed by atoms with Crippen molar-refractivity contribution in [2.75, 3.05) is 5.32 Å². The molecule has 78 valence electrons. The molecule has 1 aliphatic rings. The Morgan fingerprint density at radius 2 is 2.33 bits per heavy atom. The van der Waals surface area contributed by atoms with Gasteiger partial charge in [0.1, 0.15) is 0 Å². The zero-order chi connectivity index (χ0) is 11.0. The Hall–Kier alpha value is -2.18. The van der Waals surface area contributed by atoms with Gasteiger partial charge < -0.3 is 14.9 Å². The predicted octanol–water partition coefficient (Wildman–Crippen LogP) is 0.709. The number of aromatic nitrogens is 1. The Morgan fingerprint density at radius 1 is 1.60 bits per heavy atom. The molecule has 0 aromatic carbocycles. The summed E-state index contributed by atoms with van der Waals surface area (Å²) in [5, 5.41) is 12.8. The molecule has 15 heavy (non-hydrogen) atoms. The summed E-state index contributed by atoms with van der Waals surface area (Å²) in [5.41, 5.74) is 0. The van der Waals surface area contributed by atoms with Crippen LogP contribution in [0.15, 0.2) is 12.1 Å². The van der Waals surface area contributed by atoms with Crippen molar-refractivity contribution >= 4 is 17.5 Å². The summed E-state index contributed by atoms with van der Waals surface area (Å²) >= 11 is 0. The maximum Gasteiger partial charge on any atom is 0.366 e. The van der Waals surface area contributed by atoms with Crippen LogP contribution in [0.3, 0.4) is 0 Å². The van der Waals surface area contributed by atoms with Crippen LogP contribution in [0.25, 0.3) is 0 Å². The van der Waals surface area contributed by atoms with E-state index in [1.807, 2.05) is 0 Å². The number of hydrogen-bond acceptors (Lipinski definition) is 5. The fraction of sp³-hybridized carbons (Fsp3) is 0.250. The highest BCUT2D eigenvalue weighted by molar-refractivity contribution is 5.96. The molecule has 0 saturated heterocycles. The van der Waals surface area contributed by atoms with E-state index in [-0.39, 0.29) is 17.5 Å². The Bertz CT molecular complexity index is 446. The molecule has 1 aromatic rings. The van der Waals surface area contributed by atoms with Gasteiger partial charge in [-0.25, -0.2) is 0 Å². The SMILES string of the molecule is CC1Oc2ccc([N+](=O)[O-])nc2NC1=O. The third kappa shape index (κ3) is 1.58. The number of nitrogens with one attached hydrogen (secondary N) is 1. The number of rotatable bonds is 1. The fourth-order valence-electron chi connectivity index (χ4n) is 1.18. The molecule has 7 nitrogen and oxygen atoms in total. The molecule has 0 radical (unpaired) electrons. The summed E-state index contributed by atoms with van der Waals surface area (Å²) in [6.45, 7) is 1.58. The highest BCUT2D eigenvalue weighted by Crippen LogP contribution is 2.29.